The molecule has 0 radical (unpaired) electrons. The molecule has 0 unspecified atom stereocenters. The highest BCUT2D eigenvalue weighted by molar-refractivity contribution is 7.07. The average molecular weight is 501 g/mol. The van der Waals surface area contributed by atoms with Gasteiger partial charge >= 0.3 is 0 Å². The van der Waals surface area contributed by atoms with E-state index in [0.29, 0.717) is 56.5 Å². The van der Waals surface area contributed by atoms with Crippen LogP contribution >= 0.6 is 22.9 Å². The third kappa shape index (κ3) is 5.51. The van der Waals surface area contributed by atoms with Gasteiger partial charge in [-0.2, -0.15) is 5.26 Å². The molecule has 1 aliphatic rings. The second-order valence-corrected chi connectivity index (χ2v) is 8.95. The van der Waals surface area contributed by atoms with Crippen molar-refractivity contribution in [3.8, 4) is 6.07 Å². The van der Waals surface area contributed by atoms with Gasteiger partial charge in [0.05, 0.1) is 27.9 Å². The van der Waals surface area contributed by atoms with E-state index in [2.05, 4.69) is 20.9 Å². The number of nitriles is 1. The molecule has 1 aromatic carbocycles. The Bertz CT molecular complexity index is 1290. The molecule has 176 valence electrons. The van der Waals surface area contributed by atoms with Crippen molar-refractivity contribution in [2.75, 3.05) is 33.3 Å². The Kier molecular flexibility index (Phi) is 7.70. The summed E-state index contributed by atoms with van der Waals surface area (Å²) in [4.78, 5) is 26.4. The predicted octanol–water partition coefficient (Wildman–Crippen LogP) is 3.40. The standard InChI is InChI=1S/C23H22ClFN6O2S/c1-33-15-31-9-10-34-23(31)28-20-12-16(13-26)11-17(27-20)14-29-5-7-30(8-6-29)22(32)18-3-2-4-19(24)21(18)25/h2-4,9-12H,5-8,14-15H2,1H3. The zero-order valence-electron chi connectivity index (χ0n) is 18.4. The summed E-state index contributed by atoms with van der Waals surface area (Å²) in [5.74, 6) is -0.611. The summed E-state index contributed by atoms with van der Waals surface area (Å²) in [7, 11) is 1.61. The zero-order chi connectivity index (χ0) is 24.1. The van der Waals surface area contributed by atoms with Crippen LogP contribution in [0.3, 0.4) is 0 Å². The minimum absolute atomic E-state index is 0.0186. The van der Waals surface area contributed by atoms with E-state index < -0.39 is 5.82 Å². The SMILES string of the molecule is COCn1ccsc1=Nc1cc(C#N)cc(CN2CCN(C(=O)c3cccc(Cl)c3F)CC2)n1. The van der Waals surface area contributed by atoms with E-state index in [9.17, 15) is 14.4 Å². The predicted molar refractivity (Wildman–Crippen MR) is 126 cm³/mol. The second kappa shape index (κ2) is 10.9. The highest BCUT2D eigenvalue weighted by Crippen LogP contribution is 2.21. The van der Waals surface area contributed by atoms with Gasteiger partial charge in [0.1, 0.15) is 6.73 Å². The largest absolute Gasteiger partial charge is 0.364 e. The van der Waals surface area contributed by atoms with Gasteiger partial charge in [-0.1, -0.05) is 17.7 Å². The summed E-state index contributed by atoms with van der Waals surface area (Å²) in [6, 6.07) is 10.00. The van der Waals surface area contributed by atoms with E-state index in [4.69, 9.17) is 16.3 Å². The first-order valence-electron chi connectivity index (χ1n) is 10.5. The molecule has 3 heterocycles. The summed E-state index contributed by atoms with van der Waals surface area (Å²) < 4.78 is 21.3. The Morgan fingerprint density at radius 1 is 1.32 bits per heavy atom. The number of halogens is 2. The fraction of sp³-hybridized carbons (Fsp3) is 0.304. The fourth-order valence-electron chi connectivity index (χ4n) is 3.67. The molecule has 8 nitrogen and oxygen atoms in total. The van der Waals surface area contributed by atoms with Crippen molar-refractivity contribution in [1.29, 1.82) is 5.26 Å². The lowest BCUT2D eigenvalue weighted by molar-refractivity contribution is 0.0622. The molecule has 11 heteroatoms. The molecule has 34 heavy (non-hydrogen) atoms. The number of amides is 1. The fourth-order valence-corrected chi connectivity index (χ4v) is 4.57. The topological polar surface area (TPSA) is 86.8 Å². The number of thiazole rings is 1. The molecular formula is C23H22ClFN6O2S. The number of hydrogen-bond donors (Lipinski definition) is 0. The third-order valence-electron chi connectivity index (χ3n) is 5.36. The van der Waals surface area contributed by atoms with Crippen LogP contribution in [0.1, 0.15) is 21.6 Å². The molecule has 0 N–H and O–H groups in total. The molecule has 0 bridgehead atoms. The molecule has 0 saturated carbocycles. The summed E-state index contributed by atoms with van der Waals surface area (Å²) in [6.07, 6.45) is 1.87. The van der Waals surface area contributed by atoms with E-state index >= 15 is 0 Å². The molecule has 1 amide bonds. The van der Waals surface area contributed by atoms with Crippen molar-refractivity contribution in [3.05, 3.63) is 74.4 Å². The first kappa shape index (κ1) is 24.0. The van der Waals surface area contributed by atoms with Crippen LogP contribution in [-0.4, -0.2) is 58.5 Å². The molecule has 2 aromatic heterocycles. The van der Waals surface area contributed by atoms with Crippen LogP contribution in [-0.2, 0) is 18.0 Å². The van der Waals surface area contributed by atoms with Gasteiger partial charge in [0.2, 0.25) is 0 Å². The van der Waals surface area contributed by atoms with Gasteiger partial charge in [-0.25, -0.2) is 14.4 Å². The van der Waals surface area contributed by atoms with Gasteiger partial charge in [-0.05, 0) is 18.2 Å². The van der Waals surface area contributed by atoms with Crippen LogP contribution in [0.25, 0.3) is 0 Å². The normalized spacial score (nSPS) is 14.9. The number of carbonyl (C=O) groups excluding carboxylic acids is 1. The molecule has 1 fully saturated rings. The lowest BCUT2D eigenvalue weighted by atomic mass is 10.1. The van der Waals surface area contributed by atoms with E-state index in [1.807, 2.05) is 16.1 Å². The van der Waals surface area contributed by atoms with Crippen molar-refractivity contribution < 1.29 is 13.9 Å². The minimum atomic E-state index is -0.692. The van der Waals surface area contributed by atoms with E-state index in [1.54, 1.807) is 30.2 Å². The van der Waals surface area contributed by atoms with Gasteiger partial charge in [0.15, 0.2) is 16.4 Å². The van der Waals surface area contributed by atoms with Crippen molar-refractivity contribution >= 4 is 34.7 Å². The lowest BCUT2D eigenvalue weighted by Gasteiger charge is -2.34. The maximum atomic E-state index is 14.2. The van der Waals surface area contributed by atoms with E-state index in [-0.39, 0.29) is 16.5 Å². The molecule has 0 atom stereocenters. The third-order valence-corrected chi connectivity index (χ3v) is 6.45. The van der Waals surface area contributed by atoms with Crippen LogP contribution in [0.15, 0.2) is 46.9 Å². The van der Waals surface area contributed by atoms with Crippen molar-refractivity contribution in [1.82, 2.24) is 19.4 Å². The van der Waals surface area contributed by atoms with Gasteiger partial charge in [0.25, 0.3) is 5.91 Å². The van der Waals surface area contributed by atoms with Crippen LogP contribution in [0.2, 0.25) is 5.02 Å². The quantitative estimate of drug-likeness (QED) is 0.517. The first-order chi connectivity index (χ1) is 16.5. The summed E-state index contributed by atoms with van der Waals surface area (Å²) in [5, 5.41) is 11.3. The molecule has 0 spiro atoms. The summed E-state index contributed by atoms with van der Waals surface area (Å²) in [5.41, 5.74) is 1.17. The van der Waals surface area contributed by atoms with Gasteiger partial charge in [-0.3, -0.25) is 14.3 Å². The van der Waals surface area contributed by atoms with Crippen molar-refractivity contribution in [2.24, 2.45) is 4.99 Å². The van der Waals surface area contributed by atoms with Crippen molar-refractivity contribution in [3.63, 3.8) is 0 Å². The van der Waals surface area contributed by atoms with Gasteiger partial charge < -0.3 is 9.64 Å². The minimum Gasteiger partial charge on any atom is -0.364 e. The molecular weight excluding hydrogens is 479 g/mol. The van der Waals surface area contributed by atoms with Crippen LogP contribution < -0.4 is 4.80 Å². The number of nitrogens with zero attached hydrogens (tertiary/aromatic N) is 6. The maximum Gasteiger partial charge on any atom is 0.256 e. The number of benzene rings is 1. The number of ether oxygens (including phenoxy) is 1. The molecule has 1 aliphatic heterocycles. The van der Waals surface area contributed by atoms with Crippen LogP contribution in [0.4, 0.5) is 10.2 Å². The maximum absolute atomic E-state index is 14.2. The Hall–Kier alpha value is -3.10. The highest BCUT2D eigenvalue weighted by Gasteiger charge is 2.25. The van der Waals surface area contributed by atoms with Crippen molar-refractivity contribution in [2.45, 2.75) is 13.3 Å². The molecule has 4 rings (SSSR count). The smallest absolute Gasteiger partial charge is 0.256 e. The lowest BCUT2D eigenvalue weighted by Crippen LogP contribution is -2.48. The Morgan fingerprint density at radius 2 is 2.12 bits per heavy atom. The van der Waals surface area contributed by atoms with Crippen LogP contribution in [0.5, 0.6) is 0 Å². The summed E-state index contributed by atoms with van der Waals surface area (Å²) >= 11 is 7.27. The molecule has 1 saturated heterocycles. The number of pyridine rings is 1. The number of methoxy groups -OCH3 is 1. The Balaban J connectivity index is 1.45. The average Bonchev–Trinajstić information content (AvgIpc) is 3.27. The number of rotatable bonds is 6. The van der Waals surface area contributed by atoms with Gasteiger partial charge in [0, 0.05) is 57.5 Å². The second-order valence-electron chi connectivity index (χ2n) is 7.67. The number of hydrogen-bond acceptors (Lipinski definition) is 7. The zero-order valence-corrected chi connectivity index (χ0v) is 20.0. The molecule has 3 aromatic rings. The summed E-state index contributed by atoms with van der Waals surface area (Å²) in [6.45, 7) is 2.97. The van der Waals surface area contributed by atoms with Crippen LogP contribution in [0, 0.1) is 17.1 Å². The number of piperazine rings is 1. The van der Waals surface area contributed by atoms with E-state index in [1.165, 1.54) is 23.5 Å². The molecule has 0 aliphatic carbocycles. The van der Waals surface area contributed by atoms with E-state index in [0.717, 1.165) is 4.80 Å². The Labute approximate surface area is 205 Å². The Morgan fingerprint density at radius 3 is 2.85 bits per heavy atom. The number of aromatic nitrogens is 2. The van der Waals surface area contributed by atoms with Gasteiger partial charge in [-0.15, -0.1) is 11.3 Å². The number of carbonyl (C=O) groups is 1. The first-order valence-corrected chi connectivity index (χ1v) is 11.8. The highest BCUT2D eigenvalue weighted by atomic mass is 35.5. The monoisotopic (exact) mass is 500 g/mol.